The summed E-state index contributed by atoms with van der Waals surface area (Å²) in [5.41, 5.74) is -5.24. The molecule has 22 heavy (non-hydrogen) atoms. The number of hydrogen-bond acceptors (Lipinski definition) is 3. The molecule has 0 bridgehead atoms. The van der Waals surface area contributed by atoms with Crippen LogP contribution in [-0.4, -0.2) is 35.3 Å². The zero-order valence-corrected chi connectivity index (χ0v) is 11.5. The number of rotatable bonds is 4. The minimum atomic E-state index is -5.99. The van der Waals surface area contributed by atoms with Crippen molar-refractivity contribution in [3.05, 3.63) is 29.8 Å². The smallest absolute Gasteiger partial charge is 0.426 e. The molecule has 0 aliphatic rings. The fraction of sp³-hybridized carbons (Fsp3) is 0.538. The predicted octanol–water partition coefficient (Wildman–Crippen LogP) is 3.22. The molecule has 1 aromatic carbocycles. The molecule has 2 N–H and O–H groups in total. The van der Waals surface area contributed by atoms with Gasteiger partial charge in [-0.25, -0.2) is 0 Å². The zero-order chi connectivity index (χ0) is 17.3. The first-order valence-corrected chi connectivity index (χ1v) is 6.04. The quantitative estimate of drug-likeness (QED) is 0.833. The molecule has 126 valence electrons. The molecular weight excluding hydrogens is 318 g/mol. The second kappa shape index (κ2) is 5.96. The van der Waals surface area contributed by atoms with Crippen molar-refractivity contribution in [3.63, 3.8) is 0 Å². The van der Waals surface area contributed by atoms with Crippen molar-refractivity contribution in [1.29, 1.82) is 0 Å². The van der Waals surface area contributed by atoms with Crippen LogP contribution in [-0.2, 0) is 0 Å². The highest BCUT2D eigenvalue weighted by atomic mass is 19.4. The largest absolute Gasteiger partial charge is 0.497 e. The van der Waals surface area contributed by atoms with Crippen molar-refractivity contribution >= 4 is 0 Å². The van der Waals surface area contributed by atoms with Crippen molar-refractivity contribution in [2.75, 3.05) is 7.11 Å². The van der Waals surface area contributed by atoms with Gasteiger partial charge in [0.1, 0.15) is 5.75 Å². The zero-order valence-electron chi connectivity index (χ0n) is 11.5. The molecule has 2 atom stereocenters. The molecule has 0 heterocycles. The molecule has 1 rings (SSSR count). The van der Waals surface area contributed by atoms with Crippen LogP contribution >= 0.6 is 0 Å². The van der Waals surface area contributed by atoms with Gasteiger partial charge in [-0.3, -0.25) is 0 Å². The van der Waals surface area contributed by atoms with Crippen LogP contribution < -0.4 is 4.74 Å². The third-order valence-electron chi connectivity index (χ3n) is 3.45. The number of halogens is 6. The summed E-state index contributed by atoms with van der Waals surface area (Å²) in [6.45, 7) is 0.482. The van der Waals surface area contributed by atoms with Gasteiger partial charge in [-0.05, 0) is 17.7 Å². The number of benzene rings is 1. The van der Waals surface area contributed by atoms with Gasteiger partial charge >= 0.3 is 12.4 Å². The minimum Gasteiger partial charge on any atom is -0.497 e. The summed E-state index contributed by atoms with van der Waals surface area (Å²) in [6.07, 6.45) is -14.2. The van der Waals surface area contributed by atoms with Gasteiger partial charge in [-0.1, -0.05) is 19.1 Å². The topological polar surface area (TPSA) is 49.7 Å². The van der Waals surface area contributed by atoms with E-state index in [0.717, 1.165) is 12.1 Å². The summed E-state index contributed by atoms with van der Waals surface area (Å²) < 4.78 is 81.3. The Morgan fingerprint density at radius 2 is 1.36 bits per heavy atom. The van der Waals surface area contributed by atoms with Crippen LogP contribution in [0, 0.1) is 5.92 Å². The lowest BCUT2D eigenvalue weighted by molar-refractivity contribution is -0.389. The van der Waals surface area contributed by atoms with E-state index >= 15 is 0 Å². The van der Waals surface area contributed by atoms with E-state index in [1.165, 1.54) is 19.2 Å². The summed E-state index contributed by atoms with van der Waals surface area (Å²) in [6, 6.07) is 4.78. The summed E-state index contributed by atoms with van der Waals surface area (Å²) in [5.74, 6) is -2.26. The molecule has 0 aromatic heterocycles. The van der Waals surface area contributed by atoms with E-state index in [0.29, 0.717) is 12.7 Å². The highest BCUT2D eigenvalue weighted by Gasteiger charge is 2.73. The first-order chi connectivity index (χ1) is 9.86. The second-order valence-corrected chi connectivity index (χ2v) is 4.77. The maximum atomic E-state index is 12.7. The number of methoxy groups -OCH3 is 1. The van der Waals surface area contributed by atoms with E-state index in [9.17, 15) is 36.6 Å². The Balaban J connectivity index is 3.21. The lowest BCUT2D eigenvalue weighted by atomic mass is 9.81. The highest BCUT2D eigenvalue weighted by molar-refractivity contribution is 5.29. The maximum Gasteiger partial charge on any atom is 0.426 e. The molecule has 1 aromatic rings. The van der Waals surface area contributed by atoms with Gasteiger partial charge < -0.3 is 14.9 Å². The van der Waals surface area contributed by atoms with Crippen LogP contribution in [0.3, 0.4) is 0 Å². The molecule has 0 amide bonds. The van der Waals surface area contributed by atoms with Gasteiger partial charge in [0.15, 0.2) is 0 Å². The third kappa shape index (κ3) is 3.14. The average Bonchev–Trinajstić information content (AvgIpc) is 2.42. The Labute approximate surface area is 122 Å². The molecule has 0 spiro atoms. The summed E-state index contributed by atoms with van der Waals surface area (Å²) in [7, 11) is 1.32. The van der Waals surface area contributed by atoms with Crippen LogP contribution in [0.1, 0.15) is 18.6 Å². The Kier molecular flexibility index (Phi) is 5.03. The fourth-order valence-electron chi connectivity index (χ4n) is 2.00. The highest BCUT2D eigenvalue weighted by Crippen LogP contribution is 2.50. The average molecular weight is 332 g/mol. The van der Waals surface area contributed by atoms with Crippen molar-refractivity contribution in [2.45, 2.75) is 31.0 Å². The predicted molar refractivity (Wildman–Crippen MR) is 64.2 cm³/mol. The molecule has 0 aliphatic heterocycles. The van der Waals surface area contributed by atoms with Gasteiger partial charge in [0.25, 0.3) is 5.60 Å². The molecule has 9 heteroatoms. The minimum absolute atomic E-state index is 0.208. The van der Waals surface area contributed by atoms with Gasteiger partial charge in [-0.2, -0.15) is 26.3 Å². The Morgan fingerprint density at radius 1 is 0.955 bits per heavy atom. The first kappa shape index (κ1) is 18.6. The molecular formula is C13H14F6O3. The van der Waals surface area contributed by atoms with E-state index in [-0.39, 0.29) is 5.56 Å². The molecule has 0 aliphatic carbocycles. The van der Waals surface area contributed by atoms with E-state index < -0.39 is 30.0 Å². The normalized spacial score (nSPS) is 16.3. The lowest BCUT2D eigenvalue weighted by Gasteiger charge is -2.39. The molecule has 0 saturated heterocycles. The van der Waals surface area contributed by atoms with Crippen molar-refractivity contribution in [1.82, 2.24) is 0 Å². The van der Waals surface area contributed by atoms with E-state index in [4.69, 9.17) is 4.74 Å². The maximum absolute atomic E-state index is 12.7. The number of alkyl halides is 6. The monoisotopic (exact) mass is 332 g/mol. The Bertz CT molecular complexity index is 480. The van der Waals surface area contributed by atoms with Crippen LogP contribution in [0.2, 0.25) is 0 Å². The summed E-state index contributed by atoms with van der Waals surface area (Å²) in [5, 5.41) is 19.1. The Morgan fingerprint density at radius 3 is 1.68 bits per heavy atom. The molecule has 0 fully saturated rings. The molecule has 0 unspecified atom stereocenters. The fourth-order valence-corrected chi connectivity index (χ4v) is 2.00. The standard InChI is InChI=1S/C13H14F6O3/c1-7(11(21,12(14,15)16)13(17,18)19)10(20)8-3-5-9(22-2)6-4-8/h3-7,10,20-21H,1-2H3/t7-,10+/m1/s1. The number of hydrogen-bond donors (Lipinski definition) is 2. The van der Waals surface area contributed by atoms with Crippen LogP contribution in [0.5, 0.6) is 5.75 Å². The van der Waals surface area contributed by atoms with E-state index in [1.807, 2.05) is 0 Å². The number of aliphatic hydroxyl groups is 2. The second-order valence-electron chi connectivity index (χ2n) is 4.77. The van der Waals surface area contributed by atoms with Crippen molar-refractivity contribution < 1.29 is 41.3 Å². The Hall–Kier alpha value is -1.48. The van der Waals surface area contributed by atoms with Gasteiger partial charge in [0.2, 0.25) is 0 Å². The molecule has 0 radical (unpaired) electrons. The van der Waals surface area contributed by atoms with E-state index in [1.54, 1.807) is 0 Å². The van der Waals surface area contributed by atoms with Gasteiger partial charge in [0.05, 0.1) is 13.2 Å². The first-order valence-electron chi connectivity index (χ1n) is 6.04. The van der Waals surface area contributed by atoms with Crippen LogP contribution in [0.4, 0.5) is 26.3 Å². The molecule has 3 nitrogen and oxygen atoms in total. The lowest BCUT2D eigenvalue weighted by Crippen LogP contribution is -2.62. The van der Waals surface area contributed by atoms with Gasteiger partial charge in [0, 0.05) is 5.92 Å². The van der Waals surface area contributed by atoms with Gasteiger partial charge in [-0.15, -0.1) is 0 Å². The SMILES string of the molecule is COc1ccc([C@@H](O)[C@@H](C)C(O)(C(F)(F)F)C(F)(F)F)cc1. The van der Waals surface area contributed by atoms with Crippen LogP contribution in [0.15, 0.2) is 24.3 Å². The van der Waals surface area contributed by atoms with E-state index in [2.05, 4.69) is 0 Å². The van der Waals surface area contributed by atoms with Crippen molar-refractivity contribution in [3.8, 4) is 5.75 Å². The third-order valence-corrected chi connectivity index (χ3v) is 3.45. The summed E-state index contributed by atoms with van der Waals surface area (Å²) >= 11 is 0. The van der Waals surface area contributed by atoms with Crippen molar-refractivity contribution in [2.24, 2.45) is 5.92 Å². The number of ether oxygens (including phenoxy) is 1. The number of aliphatic hydroxyl groups excluding tert-OH is 1. The van der Waals surface area contributed by atoms with Crippen LogP contribution in [0.25, 0.3) is 0 Å². The molecule has 0 saturated carbocycles. The summed E-state index contributed by atoms with van der Waals surface area (Å²) in [4.78, 5) is 0.